The highest BCUT2D eigenvalue weighted by Crippen LogP contribution is 2.16. The van der Waals surface area contributed by atoms with E-state index < -0.39 is 0 Å². The van der Waals surface area contributed by atoms with Gasteiger partial charge in [-0.15, -0.1) is 11.7 Å². The number of hydrogen-bond acceptors (Lipinski definition) is 3. The third-order valence-corrected chi connectivity index (χ3v) is 3.41. The Morgan fingerprint density at radius 1 is 1.39 bits per heavy atom. The number of nitrogens with zero attached hydrogens (tertiary/aromatic N) is 3. The second kappa shape index (κ2) is 7.60. The van der Waals surface area contributed by atoms with Crippen LogP contribution in [-0.4, -0.2) is 45.5 Å². The zero-order valence-corrected chi connectivity index (χ0v) is 13.5. The zero-order valence-electron chi connectivity index (χ0n) is 13.5. The van der Waals surface area contributed by atoms with Crippen LogP contribution in [0.3, 0.4) is 0 Å². The largest absolute Gasteiger partial charge is 0.395 e. The standard InChI is InChI=1S/C17H22N4O2/c1-4-9-20(10-11-22)17(23)18-16-12-14(3)21(19-16)15-7-5-13(2)6-8-15/h4-8,12,22H,1,9-11H2,2-3H3,(H,18,19,23). The van der Waals surface area contributed by atoms with Crippen LogP contribution in [0.25, 0.3) is 5.69 Å². The number of aliphatic hydroxyl groups excluding tert-OH is 1. The predicted molar refractivity (Wildman–Crippen MR) is 90.9 cm³/mol. The molecular weight excluding hydrogens is 292 g/mol. The summed E-state index contributed by atoms with van der Waals surface area (Å²) in [6.07, 6.45) is 1.62. The summed E-state index contributed by atoms with van der Waals surface area (Å²) in [7, 11) is 0. The highest BCUT2D eigenvalue weighted by Gasteiger charge is 2.14. The van der Waals surface area contributed by atoms with Crippen molar-refractivity contribution in [2.24, 2.45) is 0 Å². The van der Waals surface area contributed by atoms with Gasteiger partial charge in [-0.05, 0) is 26.0 Å². The molecule has 6 nitrogen and oxygen atoms in total. The number of aryl methyl sites for hydroxylation is 2. The molecule has 0 bridgehead atoms. The molecule has 6 heteroatoms. The summed E-state index contributed by atoms with van der Waals surface area (Å²) in [5.74, 6) is 0.472. The lowest BCUT2D eigenvalue weighted by atomic mass is 10.2. The Morgan fingerprint density at radius 3 is 2.70 bits per heavy atom. The minimum absolute atomic E-state index is 0.0991. The molecule has 0 spiro atoms. The molecule has 1 aromatic heterocycles. The number of aromatic nitrogens is 2. The van der Waals surface area contributed by atoms with Gasteiger partial charge in [0.1, 0.15) is 0 Å². The molecule has 0 aliphatic carbocycles. The number of anilines is 1. The van der Waals surface area contributed by atoms with Crippen molar-refractivity contribution in [3.05, 3.63) is 54.2 Å². The van der Waals surface area contributed by atoms with Crippen LogP contribution in [0.4, 0.5) is 10.6 Å². The summed E-state index contributed by atoms with van der Waals surface area (Å²) >= 11 is 0. The van der Waals surface area contributed by atoms with Crippen molar-refractivity contribution >= 4 is 11.8 Å². The van der Waals surface area contributed by atoms with E-state index in [0.29, 0.717) is 12.4 Å². The Kier molecular flexibility index (Phi) is 5.54. The SMILES string of the molecule is C=CCN(CCO)C(=O)Nc1cc(C)n(-c2ccc(C)cc2)n1. The summed E-state index contributed by atoms with van der Waals surface area (Å²) in [6.45, 7) is 8.08. The van der Waals surface area contributed by atoms with Crippen molar-refractivity contribution in [1.29, 1.82) is 0 Å². The summed E-state index contributed by atoms with van der Waals surface area (Å²) in [5, 5.41) is 16.2. The van der Waals surface area contributed by atoms with E-state index in [1.54, 1.807) is 10.8 Å². The molecule has 122 valence electrons. The molecule has 0 unspecified atom stereocenters. The van der Waals surface area contributed by atoms with Crippen molar-refractivity contribution in [3.8, 4) is 5.69 Å². The molecule has 2 aromatic rings. The molecule has 0 fully saturated rings. The van der Waals surface area contributed by atoms with Gasteiger partial charge in [-0.2, -0.15) is 0 Å². The van der Waals surface area contributed by atoms with Crippen LogP contribution in [-0.2, 0) is 0 Å². The van der Waals surface area contributed by atoms with E-state index in [1.807, 2.05) is 44.2 Å². The Hall–Kier alpha value is -2.60. The van der Waals surface area contributed by atoms with Crippen molar-refractivity contribution in [2.75, 3.05) is 25.0 Å². The maximum absolute atomic E-state index is 12.2. The van der Waals surface area contributed by atoms with Crippen molar-refractivity contribution < 1.29 is 9.90 Å². The fraction of sp³-hybridized carbons (Fsp3) is 0.294. The second-order valence-electron chi connectivity index (χ2n) is 5.31. The first-order valence-corrected chi connectivity index (χ1v) is 7.46. The van der Waals surface area contributed by atoms with Gasteiger partial charge in [0, 0.05) is 24.8 Å². The Bertz CT molecular complexity index is 676. The quantitative estimate of drug-likeness (QED) is 0.805. The van der Waals surface area contributed by atoms with E-state index in [-0.39, 0.29) is 19.2 Å². The van der Waals surface area contributed by atoms with Crippen molar-refractivity contribution in [1.82, 2.24) is 14.7 Å². The van der Waals surface area contributed by atoms with Gasteiger partial charge in [-0.25, -0.2) is 9.48 Å². The van der Waals surface area contributed by atoms with Gasteiger partial charge in [0.25, 0.3) is 0 Å². The molecular formula is C17H22N4O2. The lowest BCUT2D eigenvalue weighted by Crippen LogP contribution is -2.37. The minimum atomic E-state index is -0.312. The molecule has 23 heavy (non-hydrogen) atoms. The number of aliphatic hydroxyl groups is 1. The average molecular weight is 314 g/mol. The minimum Gasteiger partial charge on any atom is -0.395 e. The molecule has 0 aliphatic heterocycles. The normalized spacial score (nSPS) is 10.4. The molecule has 2 rings (SSSR count). The molecule has 1 aromatic carbocycles. The number of benzene rings is 1. The number of carbonyl (C=O) groups excluding carboxylic acids is 1. The van der Waals surface area contributed by atoms with Gasteiger partial charge in [0.2, 0.25) is 0 Å². The van der Waals surface area contributed by atoms with Crippen LogP contribution < -0.4 is 5.32 Å². The van der Waals surface area contributed by atoms with Crippen LogP contribution in [0.15, 0.2) is 43.0 Å². The third-order valence-electron chi connectivity index (χ3n) is 3.41. The Balaban J connectivity index is 2.15. The average Bonchev–Trinajstić information content (AvgIpc) is 2.88. The van der Waals surface area contributed by atoms with Gasteiger partial charge in [-0.1, -0.05) is 23.8 Å². The summed E-state index contributed by atoms with van der Waals surface area (Å²) in [6, 6.07) is 9.49. The first-order chi connectivity index (χ1) is 11.0. The van der Waals surface area contributed by atoms with E-state index >= 15 is 0 Å². The van der Waals surface area contributed by atoms with Gasteiger partial charge in [0.15, 0.2) is 5.82 Å². The number of hydrogen-bond donors (Lipinski definition) is 2. The molecule has 0 saturated carbocycles. The summed E-state index contributed by atoms with van der Waals surface area (Å²) in [5.41, 5.74) is 3.03. The Morgan fingerprint density at radius 2 is 2.09 bits per heavy atom. The van der Waals surface area contributed by atoms with Crippen molar-refractivity contribution in [3.63, 3.8) is 0 Å². The molecule has 2 amide bonds. The molecule has 1 heterocycles. The lowest BCUT2D eigenvalue weighted by molar-refractivity contribution is 0.195. The van der Waals surface area contributed by atoms with E-state index in [9.17, 15) is 4.79 Å². The Labute approximate surface area is 136 Å². The van der Waals surface area contributed by atoms with Crippen LogP contribution >= 0.6 is 0 Å². The monoisotopic (exact) mass is 314 g/mol. The first kappa shape index (κ1) is 16.8. The van der Waals surface area contributed by atoms with Gasteiger partial charge in [0.05, 0.1) is 12.3 Å². The number of rotatable bonds is 6. The van der Waals surface area contributed by atoms with Crippen LogP contribution in [0, 0.1) is 13.8 Å². The summed E-state index contributed by atoms with van der Waals surface area (Å²) < 4.78 is 1.78. The van der Waals surface area contributed by atoms with E-state index in [0.717, 1.165) is 11.4 Å². The second-order valence-corrected chi connectivity index (χ2v) is 5.31. The number of nitrogens with one attached hydrogen (secondary N) is 1. The molecule has 0 atom stereocenters. The van der Waals surface area contributed by atoms with Crippen LogP contribution in [0.5, 0.6) is 0 Å². The maximum Gasteiger partial charge on any atom is 0.323 e. The van der Waals surface area contributed by atoms with E-state index in [2.05, 4.69) is 17.0 Å². The first-order valence-electron chi connectivity index (χ1n) is 7.46. The predicted octanol–water partition coefficient (Wildman–Crippen LogP) is 2.50. The molecule has 2 N–H and O–H groups in total. The molecule has 0 saturated heterocycles. The smallest absolute Gasteiger partial charge is 0.323 e. The number of amides is 2. The summed E-state index contributed by atoms with van der Waals surface area (Å²) in [4.78, 5) is 13.7. The van der Waals surface area contributed by atoms with E-state index in [1.165, 1.54) is 10.5 Å². The van der Waals surface area contributed by atoms with Crippen LogP contribution in [0.2, 0.25) is 0 Å². The lowest BCUT2D eigenvalue weighted by Gasteiger charge is -2.19. The fourth-order valence-corrected chi connectivity index (χ4v) is 2.22. The van der Waals surface area contributed by atoms with Crippen LogP contribution in [0.1, 0.15) is 11.3 Å². The van der Waals surface area contributed by atoms with Gasteiger partial charge >= 0.3 is 6.03 Å². The van der Waals surface area contributed by atoms with Gasteiger partial charge < -0.3 is 10.0 Å². The maximum atomic E-state index is 12.2. The number of urea groups is 1. The van der Waals surface area contributed by atoms with Gasteiger partial charge in [-0.3, -0.25) is 5.32 Å². The molecule has 0 radical (unpaired) electrons. The molecule has 0 aliphatic rings. The van der Waals surface area contributed by atoms with E-state index in [4.69, 9.17) is 5.11 Å². The third kappa shape index (κ3) is 4.20. The fourth-order valence-electron chi connectivity index (χ4n) is 2.22. The highest BCUT2D eigenvalue weighted by atomic mass is 16.3. The van der Waals surface area contributed by atoms with Crippen molar-refractivity contribution in [2.45, 2.75) is 13.8 Å². The number of carbonyl (C=O) groups is 1. The topological polar surface area (TPSA) is 70.4 Å². The highest BCUT2D eigenvalue weighted by molar-refractivity contribution is 5.88. The zero-order chi connectivity index (χ0) is 16.8.